The van der Waals surface area contributed by atoms with Crippen molar-refractivity contribution >= 4 is 10.0 Å². The third-order valence-corrected chi connectivity index (χ3v) is 5.43. The standard InChI is InChI=1S/C12H24N2O2S/c1-10-4-5-11(7-10)8-14-17(15,16)9-12-3-2-6-13-12/h10-14H,2-9H2,1H3. The Morgan fingerprint density at radius 1 is 1.29 bits per heavy atom. The number of nitrogens with one attached hydrogen (secondary N) is 2. The van der Waals surface area contributed by atoms with E-state index >= 15 is 0 Å². The predicted molar refractivity (Wildman–Crippen MR) is 69.3 cm³/mol. The first kappa shape index (κ1) is 13.3. The minimum absolute atomic E-state index is 0.162. The minimum atomic E-state index is -3.08. The summed E-state index contributed by atoms with van der Waals surface area (Å²) in [5.41, 5.74) is 0. The molecule has 2 rings (SSSR count). The largest absolute Gasteiger partial charge is 0.313 e. The van der Waals surface area contributed by atoms with E-state index in [9.17, 15) is 8.42 Å². The highest BCUT2D eigenvalue weighted by atomic mass is 32.2. The zero-order valence-corrected chi connectivity index (χ0v) is 11.4. The Morgan fingerprint density at radius 3 is 2.71 bits per heavy atom. The monoisotopic (exact) mass is 260 g/mol. The molecule has 0 radical (unpaired) electrons. The van der Waals surface area contributed by atoms with Crippen LogP contribution in [-0.2, 0) is 10.0 Å². The Hall–Kier alpha value is -0.130. The lowest BCUT2D eigenvalue weighted by Crippen LogP contribution is -2.38. The molecule has 1 saturated carbocycles. The van der Waals surface area contributed by atoms with Gasteiger partial charge in [0.15, 0.2) is 0 Å². The number of hydrogen-bond acceptors (Lipinski definition) is 3. The van der Waals surface area contributed by atoms with Crippen molar-refractivity contribution in [3.8, 4) is 0 Å². The van der Waals surface area contributed by atoms with Crippen LogP contribution in [0.2, 0.25) is 0 Å². The molecule has 0 spiro atoms. The second kappa shape index (κ2) is 5.67. The van der Waals surface area contributed by atoms with E-state index in [4.69, 9.17) is 0 Å². The first-order valence-electron chi connectivity index (χ1n) is 6.76. The number of hydrogen-bond donors (Lipinski definition) is 2. The number of rotatable bonds is 5. The molecule has 0 aromatic rings. The van der Waals surface area contributed by atoms with E-state index in [2.05, 4.69) is 17.0 Å². The van der Waals surface area contributed by atoms with E-state index in [1.165, 1.54) is 19.3 Å². The zero-order valence-electron chi connectivity index (χ0n) is 10.6. The molecule has 100 valence electrons. The third kappa shape index (κ3) is 4.23. The fraction of sp³-hybridized carbons (Fsp3) is 1.00. The Bertz CT molecular complexity index is 336. The smallest absolute Gasteiger partial charge is 0.213 e. The van der Waals surface area contributed by atoms with Gasteiger partial charge < -0.3 is 5.32 Å². The molecule has 3 atom stereocenters. The van der Waals surface area contributed by atoms with Crippen LogP contribution in [0.5, 0.6) is 0 Å². The molecule has 2 N–H and O–H groups in total. The van der Waals surface area contributed by atoms with Crippen LogP contribution in [0.3, 0.4) is 0 Å². The van der Waals surface area contributed by atoms with Gasteiger partial charge in [0.1, 0.15) is 0 Å². The van der Waals surface area contributed by atoms with E-state index in [1.807, 2.05) is 0 Å². The Morgan fingerprint density at radius 2 is 2.12 bits per heavy atom. The van der Waals surface area contributed by atoms with E-state index in [0.717, 1.165) is 25.3 Å². The average molecular weight is 260 g/mol. The zero-order chi connectivity index (χ0) is 12.3. The van der Waals surface area contributed by atoms with Crippen LogP contribution in [0.1, 0.15) is 39.0 Å². The molecule has 5 heteroatoms. The second-order valence-electron chi connectivity index (χ2n) is 5.71. The molecule has 0 aromatic heterocycles. The fourth-order valence-corrected chi connectivity index (χ4v) is 4.40. The molecule has 0 amide bonds. The highest BCUT2D eigenvalue weighted by Gasteiger charge is 2.25. The van der Waals surface area contributed by atoms with Crippen LogP contribution in [0.25, 0.3) is 0 Å². The van der Waals surface area contributed by atoms with E-state index in [-0.39, 0.29) is 11.8 Å². The molecule has 4 nitrogen and oxygen atoms in total. The van der Waals surface area contributed by atoms with Crippen LogP contribution >= 0.6 is 0 Å². The lowest BCUT2D eigenvalue weighted by atomic mass is 10.1. The minimum Gasteiger partial charge on any atom is -0.313 e. The van der Waals surface area contributed by atoms with Crippen LogP contribution in [0, 0.1) is 11.8 Å². The molecule has 1 aliphatic carbocycles. The summed E-state index contributed by atoms with van der Waals surface area (Å²) >= 11 is 0. The summed E-state index contributed by atoms with van der Waals surface area (Å²) < 4.78 is 26.5. The van der Waals surface area contributed by atoms with Crippen molar-refractivity contribution in [2.45, 2.75) is 45.1 Å². The van der Waals surface area contributed by atoms with Gasteiger partial charge in [0.25, 0.3) is 0 Å². The Labute approximate surface area is 105 Å². The molecular formula is C12H24N2O2S. The van der Waals surface area contributed by atoms with Crippen molar-refractivity contribution < 1.29 is 8.42 Å². The molecule has 1 aliphatic heterocycles. The summed E-state index contributed by atoms with van der Waals surface area (Å²) in [6, 6.07) is 0.162. The average Bonchev–Trinajstić information content (AvgIpc) is 2.86. The highest BCUT2D eigenvalue weighted by molar-refractivity contribution is 7.89. The first-order chi connectivity index (χ1) is 8.05. The van der Waals surface area contributed by atoms with Crippen molar-refractivity contribution in [1.82, 2.24) is 10.0 Å². The summed E-state index contributed by atoms with van der Waals surface area (Å²) in [6.07, 6.45) is 5.67. The normalized spacial score (nSPS) is 34.3. The van der Waals surface area contributed by atoms with E-state index in [0.29, 0.717) is 12.5 Å². The Balaban J connectivity index is 1.73. The van der Waals surface area contributed by atoms with Crippen LogP contribution in [0.15, 0.2) is 0 Å². The van der Waals surface area contributed by atoms with Gasteiger partial charge in [-0.1, -0.05) is 13.3 Å². The lowest BCUT2D eigenvalue weighted by Gasteiger charge is -2.14. The van der Waals surface area contributed by atoms with Gasteiger partial charge in [-0.3, -0.25) is 0 Å². The van der Waals surface area contributed by atoms with Gasteiger partial charge in [-0.2, -0.15) is 0 Å². The second-order valence-corrected chi connectivity index (χ2v) is 7.56. The van der Waals surface area contributed by atoms with Gasteiger partial charge in [-0.05, 0) is 44.1 Å². The molecule has 17 heavy (non-hydrogen) atoms. The SMILES string of the molecule is CC1CCC(CNS(=O)(=O)CC2CCCN2)C1. The maximum absolute atomic E-state index is 11.9. The molecule has 2 fully saturated rings. The van der Waals surface area contributed by atoms with Gasteiger partial charge in [-0.25, -0.2) is 13.1 Å². The van der Waals surface area contributed by atoms with Crippen LogP contribution in [-0.4, -0.2) is 33.3 Å². The van der Waals surface area contributed by atoms with Crippen molar-refractivity contribution in [1.29, 1.82) is 0 Å². The molecular weight excluding hydrogens is 236 g/mol. The quantitative estimate of drug-likeness (QED) is 0.778. The maximum Gasteiger partial charge on any atom is 0.213 e. The van der Waals surface area contributed by atoms with Crippen molar-refractivity contribution in [2.75, 3.05) is 18.8 Å². The summed E-state index contributed by atoms with van der Waals surface area (Å²) in [7, 11) is -3.08. The van der Waals surface area contributed by atoms with Crippen molar-refractivity contribution in [3.63, 3.8) is 0 Å². The predicted octanol–water partition coefficient (Wildman–Crippen LogP) is 1.09. The summed E-state index contributed by atoms with van der Waals surface area (Å²) in [5, 5.41) is 3.23. The molecule has 3 unspecified atom stereocenters. The van der Waals surface area contributed by atoms with Crippen molar-refractivity contribution in [2.24, 2.45) is 11.8 Å². The maximum atomic E-state index is 11.9. The van der Waals surface area contributed by atoms with Crippen LogP contribution in [0.4, 0.5) is 0 Å². The van der Waals surface area contributed by atoms with Crippen LogP contribution < -0.4 is 10.0 Å². The fourth-order valence-electron chi connectivity index (χ4n) is 2.98. The summed E-state index contributed by atoms with van der Waals surface area (Å²) in [5.74, 6) is 1.56. The van der Waals surface area contributed by atoms with Gasteiger partial charge in [-0.15, -0.1) is 0 Å². The highest BCUT2D eigenvalue weighted by Crippen LogP contribution is 2.29. The van der Waals surface area contributed by atoms with E-state index < -0.39 is 10.0 Å². The lowest BCUT2D eigenvalue weighted by molar-refractivity contribution is 0.495. The van der Waals surface area contributed by atoms with Gasteiger partial charge >= 0.3 is 0 Å². The first-order valence-corrected chi connectivity index (χ1v) is 8.41. The topological polar surface area (TPSA) is 58.2 Å². The van der Waals surface area contributed by atoms with Gasteiger partial charge in [0.05, 0.1) is 5.75 Å². The molecule has 1 saturated heterocycles. The summed E-state index contributed by atoms with van der Waals surface area (Å²) in [4.78, 5) is 0. The molecule has 1 heterocycles. The van der Waals surface area contributed by atoms with E-state index in [1.54, 1.807) is 0 Å². The van der Waals surface area contributed by atoms with Gasteiger partial charge in [0.2, 0.25) is 10.0 Å². The summed E-state index contributed by atoms with van der Waals surface area (Å²) in [6.45, 7) is 3.84. The van der Waals surface area contributed by atoms with Gasteiger partial charge in [0, 0.05) is 12.6 Å². The molecule has 0 aromatic carbocycles. The third-order valence-electron chi connectivity index (χ3n) is 3.98. The number of sulfonamides is 1. The Kier molecular flexibility index (Phi) is 4.44. The molecule has 2 aliphatic rings. The molecule has 0 bridgehead atoms. The van der Waals surface area contributed by atoms with Crippen molar-refractivity contribution in [3.05, 3.63) is 0 Å².